The molecule has 0 aromatic carbocycles. The van der Waals surface area contributed by atoms with Gasteiger partial charge in [-0.2, -0.15) is 11.8 Å². The average molecular weight is 296 g/mol. The van der Waals surface area contributed by atoms with Gasteiger partial charge in [0.1, 0.15) is 17.5 Å². The molecule has 1 aromatic heterocycles. The van der Waals surface area contributed by atoms with E-state index >= 15 is 0 Å². The lowest BCUT2D eigenvalue weighted by molar-refractivity contribution is 0.688. The Balaban J connectivity index is 2.33. The second-order valence-electron chi connectivity index (χ2n) is 4.77. The van der Waals surface area contributed by atoms with Crippen molar-refractivity contribution in [3.63, 3.8) is 0 Å². The van der Waals surface area contributed by atoms with Gasteiger partial charge in [0.05, 0.1) is 0 Å². The molecule has 0 radical (unpaired) electrons. The molecule has 1 aromatic rings. The van der Waals surface area contributed by atoms with Crippen LogP contribution in [0.3, 0.4) is 0 Å². The molecule has 0 amide bonds. The maximum Gasteiger partial charge on any atom is 0.132 e. The zero-order valence-corrected chi connectivity index (χ0v) is 13.9. The molecule has 0 saturated carbocycles. The van der Waals surface area contributed by atoms with E-state index in [0.717, 1.165) is 37.0 Å². The van der Waals surface area contributed by atoms with Gasteiger partial charge < -0.3 is 10.6 Å². The Hall–Kier alpha value is -0.970. The lowest BCUT2D eigenvalue weighted by atomic mass is 10.2. The quantitative estimate of drug-likeness (QED) is 0.608. The summed E-state index contributed by atoms with van der Waals surface area (Å²) in [4.78, 5) is 8.97. The van der Waals surface area contributed by atoms with E-state index in [9.17, 15) is 0 Å². The number of anilines is 2. The van der Waals surface area contributed by atoms with Crippen LogP contribution in [-0.4, -0.2) is 35.1 Å². The van der Waals surface area contributed by atoms with Gasteiger partial charge >= 0.3 is 0 Å². The Kier molecular flexibility index (Phi) is 9.20. The lowest BCUT2D eigenvalue weighted by Gasteiger charge is -2.10. The summed E-state index contributed by atoms with van der Waals surface area (Å²) in [5.74, 6) is 4.04. The number of rotatable bonds is 11. The third kappa shape index (κ3) is 6.98. The van der Waals surface area contributed by atoms with E-state index in [1.165, 1.54) is 31.4 Å². The van der Waals surface area contributed by atoms with E-state index in [2.05, 4.69) is 40.7 Å². The van der Waals surface area contributed by atoms with E-state index < -0.39 is 0 Å². The van der Waals surface area contributed by atoms with Crippen LogP contribution in [0.15, 0.2) is 6.07 Å². The van der Waals surface area contributed by atoms with Crippen LogP contribution in [-0.2, 0) is 6.42 Å². The van der Waals surface area contributed by atoms with Gasteiger partial charge in [-0.1, -0.05) is 19.8 Å². The number of aryl methyl sites for hydroxylation is 1. The topological polar surface area (TPSA) is 49.8 Å². The minimum absolute atomic E-state index is 0.864. The zero-order valence-electron chi connectivity index (χ0n) is 13.0. The van der Waals surface area contributed by atoms with E-state index in [-0.39, 0.29) is 0 Å². The van der Waals surface area contributed by atoms with Gasteiger partial charge in [-0.05, 0) is 31.8 Å². The highest BCUT2D eigenvalue weighted by molar-refractivity contribution is 7.98. The Morgan fingerprint density at radius 1 is 1.00 bits per heavy atom. The molecule has 1 rings (SSSR count). The van der Waals surface area contributed by atoms with Gasteiger partial charge in [0, 0.05) is 25.6 Å². The molecule has 1 heterocycles. The normalized spacial score (nSPS) is 10.6. The molecule has 0 aliphatic carbocycles. The summed E-state index contributed by atoms with van der Waals surface area (Å²) in [5.41, 5.74) is 0. The molecular formula is C15H28N4S. The Morgan fingerprint density at radius 3 is 2.35 bits per heavy atom. The Morgan fingerprint density at radius 2 is 1.70 bits per heavy atom. The Bertz CT molecular complexity index is 371. The van der Waals surface area contributed by atoms with Crippen LogP contribution in [0.1, 0.15) is 45.4 Å². The highest BCUT2D eigenvalue weighted by Crippen LogP contribution is 2.12. The number of thioether (sulfide) groups is 1. The summed E-state index contributed by atoms with van der Waals surface area (Å²) in [5, 5.41) is 6.67. The first-order chi connectivity index (χ1) is 9.80. The fourth-order valence-electron chi connectivity index (χ4n) is 1.96. The van der Waals surface area contributed by atoms with Crippen molar-refractivity contribution in [3.05, 3.63) is 11.9 Å². The summed E-state index contributed by atoms with van der Waals surface area (Å²) in [7, 11) is 0. The number of hydrogen-bond donors (Lipinski definition) is 2. The first-order valence-corrected chi connectivity index (χ1v) is 9.04. The Labute approximate surface area is 127 Å². The molecule has 0 aliphatic rings. The monoisotopic (exact) mass is 296 g/mol. The minimum Gasteiger partial charge on any atom is -0.370 e. The van der Waals surface area contributed by atoms with Crippen molar-refractivity contribution in [2.24, 2.45) is 0 Å². The van der Waals surface area contributed by atoms with Crippen LogP contribution in [0.4, 0.5) is 11.6 Å². The molecule has 20 heavy (non-hydrogen) atoms. The van der Waals surface area contributed by atoms with Crippen LogP contribution in [0.2, 0.25) is 0 Å². The van der Waals surface area contributed by atoms with E-state index in [1.54, 1.807) is 0 Å². The van der Waals surface area contributed by atoms with Gasteiger partial charge in [-0.3, -0.25) is 0 Å². The maximum absolute atomic E-state index is 4.52. The fraction of sp³-hybridized carbons (Fsp3) is 0.733. The van der Waals surface area contributed by atoms with Crippen LogP contribution < -0.4 is 10.6 Å². The van der Waals surface area contributed by atoms with Gasteiger partial charge in [-0.25, -0.2) is 9.97 Å². The van der Waals surface area contributed by atoms with Crippen LogP contribution >= 0.6 is 11.8 Å². The number of nitrogens with one attached hydrogen (secondary N) is 2. The SMILES string of the molecule is CCNc1cc(NCCCCCCSC)nc(CC)n1. The van der Waals surface area contributed by atoms with E-state index in [0.29, 0.717) is 0 Å². The van der Waals surface area contributed by atoms with E-state index in [1.807, 2.05) is 17.8 Å². The number of unbranched alkanes of at least 4 members (excludes halogenated alkanes) is 3. The van der Waals surface area contributed by atoms with Gasteiger partial charge in [-0.15, -0.1) is 0 Å². The summed E-state index contributed by atoms with van der Waals surface area (Å²) < 4.78 is 0. The van der Waals surface area contributed by atoms with Crippen molar-refractivity contribution < 1.29 is 0 Å². The number of aromatic nitrogens is 2. The standard InChI is InChI=1S/C15H28N4S/c1-4-13-18-14(16-5-2)12-15(19-13)17-10-8-6-7-9-11-20-3/h12H,4-11H2,1-3H3,(H2,16,17,18,19). The van der Waals surface area contributed by atoms with Crippen LogP contribution in [0.5, 0.6) is 0 Å². The molecule has 4 nitrogen and oxygen atoms in total. The zero-order chi connectivity index (χ0) is 14.6. The van der Waals surface area contributed by atoms with Crippen molar-refractivity contribution in [1.82, 2.24) is 9.97 Å². The van der Waals surface area contributed by atoms with Crippen molar-refractivity contribution in [2.75, 3.05) is 35.7 Å². The molecule has 2 N–H and O–H groups in total. The summed E-state index contributed by atoms with van der Waals surface area (Å²) in [6.45, 7) is 6.04. The predicted molar refractivity (Wildman–Crippen MR) is 90.9 cm³/mol. The van der Waals surface area contributed by atoms with E-state index in [4.69, 9.17) is 0 Å². The van der Waals surface area contributed by atoms with Crippen molar-refractivity contribution in [2.45, 2.75) is 46.0 Å². The van der Waals surface area contributed by atoms with Crippen LogP contribution in [0.25, 0.3) is 0 Å². The molecular weight excluding hydrogens is 268 g/mol. The predicted octanol–water partition coefficient (Wildman–Crippen LogP) is 3.81. The second-order valence-corrected chi connectivity index (χ2v) is 5.76. The molecule has 0 aliphatic heterocycles. The lowest BCUT2D eigenvalue weighted by Crippen LogP contribution is -2.08. The third-order valence-corrected chi connectivity index (χ3v) is 3.72. The largest absolute Gasteiger partial charge is 0.370 e. The van der Waals surface area contributed by atoms with Gasteiger partial charge in [0.15, 0.2) is 0 Å². The van der Waals surface area contributed by atoms with Crippen molar-refractivity contribution in [3.8, 4) is 0 Å². The summed E-state index contributed by atoms with van der Waals surface area (Å²) in [6, 6.07) is 2.00. The fourth-order valence-corrected chi connectivity index (χ4v) is 2.45. The molecule has 0 fully saturated rings. The van der Waals surface area contributed by atoms with Crippen molar-refractivity contribution >= 4 is 23.4 Å². The molecule has 0 saturated heterocycles. The smallest absolute Gasteiger partial charge is 0.132 e. The first-order valence-electron chi connectivity index (χ1n) is 7.64. The molecule has 0 unspecified atom stereocenters. The van der Waals surface area contributed by atoms with Crippen molar-refractivity contribution in [1.29, 1.82) is 0 Å². The third-order valence-electron chi connectivity index (χ3n) is 3.03. The number of hydrogen-bond acceptors (Lipinski definition) is 5. The van der Waals surface area contributed by atoms with Crippen LogP contribution in [0, 0.1) is 0 Å². The highest BCUT2D eigenvalue weighted by atomic mass is 32.2. The maximum atomic E-state index is 4.52. The first kappa shape index (κ1) is 17.1. The molecule has 0 bridgehead atoms. The van der Waals surface area contributed by atoms with Gasteiger partial charge in [0.25, 0.3) is 0 Å². The summed E-state index contributed by atoms with van der Waals surface area (Å²) >= 11 is 1.93. The molecule has 5 heteroatoms. The minimum atomic E-state index is 0.864. The molecule has 114 valence electrons. The summed E-state index contributed by atoms with van der Waals surface area (Å²) in [6.07, 6.45) is 8.19. The highest BCUT2D eigenvalue weighted by Gasteiger charge is 2.02. The average Bonchev–Trinajstić information content (AvgIpc) is 2.46. The molecule has 0 atom stereocenters. The molecule has 0 spiro atoms. The second kappa shape index (κ2) is 10.8. The van der Waals surface area contributed by atoms with Gasteiger partial charge in [0.2, 0.25) is 0 Å². The number of nitrogens with zero attached hydrogens (tertiary/aromatic N) is 2.